The molecule has 7 heteroatoms. The minimum atomic E-state index is -0.266. The Kier molecular flexibility index (Phi) is 4.83. The van der Waals surface area contributed by atoms with Crippen LogP contribution in [-0.2, 0) is 11.3 Å². The van der Waals surface area contributed by atoms with Crippen LogP contribution in [0, 0.1) is 0 Å². The van der Waals surface area contributed by atoms with E-state index in [0.717, 1.165) is 0 Å². The zero-order valence-corrected chi connectivity index (χ0v) is 12.9. The van der Waals surface area contributed by atoms with Crippen LogP contribution in [0.15, 0.2) is 12.3 Å². The first kappa shape index (κ1) is 15.1. The summed E-state index contributed by atoms with van der Waals surface area (Å²) in [6.07, 6.45) is 1.93. The topological polar surface area (TPSA) is 59.8 Å². The molecule has 2 aromatic rings. The third kappa shape index (κ3) is 3.22. The van der Waals surface area contributed by atoms with Crippen molar-refractivity contribution in [3.63, 3.8) is 0 Å². The predicted octanol–water partition coefficient (Wildman–Crippen LogP) is 2.91. The summed E-state index contributed by atoms with van der Waals surface area (Å²) in [7, 11) is 0. The summed E-state index contributed by atoms with van der Waals surface area (Å²) in [5, 5.41) is 3.03. The van der Waals surface area contributed by atoms with E-state index in [1.165, 1.54) is 0 Å². The van der Waals surface area contributed by atoms with E-state index < -0.39 is 0 Å². The first-order chi connectivity index (χ1) is 9.52. The van der Waals surface area contributed by atoms with Crippen LogP contribution in [0.25, 0.3) is 11.2 Å². The van der Waals surface area contributed by atoms with Gasteiger partial charge in [-0.2, -0.15) is 0 Å². The lowest BCUT2D eigenvalue weighted by atomic mass is 10.3. The summed E-state index contributed by atoms with van der Waals surface area (Å²) in [4.78, 5) is 20.3. The molecule has 0 bridgehead atoms. The number of nitrogens with zero attached hydrogens (tertiary/aromatic N) is 3. The number of imidazole rings is 1. The molecule has 20 heavy (non-hydrogen) atoms. The van der Waals surface area contributed by atoms with Crippen molar-refractivity contribution in [1.29, 1.82) is 0 Å². The lowest BCUT2D eigenvalue weighted by Crippen LogP contribution is -2.24. The molecule has 0 aliphatic carbocycles. The molecule has 0 radical (unpaired) electrons. The van der Waals surface area contributed by atoms with Crippen LogP contribution in [0.2, 0.25) is 5.02 Å². The number of carbonyl (C=O) groups is 1. The molecule has 1 atom stereocenters. The highest BCUT2D eigenvalue weighted by Gasteiger charge is 2.16. The fraction of sp³-hybridized carbons (Fsp3) is 0.462. The average molecular weight is 315 g/mol. The van der Waals surface area contributed by atoms with Gasteiger partial charge >= 0.3 is 0 Å². The molecule has 2 aromatic heterocycles. The minimum Gasteiger partial charge on any atom is -0.356 e. The van der Waals surface area contributed by atoms with Gasteiger partial charge in [0, 0.05) is 25.7 Å². The van der Waals surface area contributed by atoms with Crippen LogP contribution in [0.4, 0.5) is 0 Å². The van der Waals surface area contributed by atoms with E-state index >= 15 is 0 Å². The van der Waals surface area contributed by atoms with Crippen molar-refractivity contribution in [2.45, 2.75) is 32.2 Å². The smallest absolute Gasteiger partial charge is 0.221 e. The minimum absolute atomic E-state index is 0.00325. The van der Waals surface area contributed by atoms with E-state index in [0.29, 0.717) is 41.5 Å². The number of nitrogens with one attached hydrogen (secondary N) is 1. The van der Waals surface area contributed by atoms with Gasteiger partial charge in [0.15, 0.2) is 5.65 Å². The number of aryl methyl sites for hydroxylation is 1. The molecule has 0 aliphatic rings. The Morgan fingerprint density at radius 1 is 1.55 bits per heavy atom. The van der Waals surface area contributed by atoms with Gasteiger partial charge in [0.05, 0.1) is 10.4 Å². The number of pyridine rings is 1. The molecule has 2 heterocycles. The SMILES string of the molecule is CCNC(=O)CCn1c(C(C)Cl)nc2cc(Cl)cnc21. The Morgan fingerprint density at radius 2 is 2.30 bits per heavy atom. The number of rotatable bonds is 5. The van der Waals surface area contributed by atoms with Gasteiger partial charge in [-0.3, -0.25) is 4.79 Å². The normalized spacial score (nSPS) is 12.6. The molecular formula is C13H16Cl2N4O. The molecule has 0 spiro atoms. The van der Waals surface area contributed by atoms with E-state index in [1.807, 2.05) is 18.4 Å². The Balaban J connectivity index is 2.34. The van der Waals surface area contributed by atoms with E-state index in [1.54, 1.807) is 12.3 Å². The Bertz CT molecular complexity index is 624. The summed E-state index contributed by atoms with van der Waals surface area (Å²) in [5.74, 6) is 0.692. The zero-order valence-electron chi connectivity index (χ0n) is 11.4. The van der Waals surface area contributed by atoms with Crippen LogP contribution < -0.4 is 5.32 Å². The number of carbonyl (C=O) groups excluding carboxylic acids is 1. The monoisotopic (exact) mass is 314 g/mol. The molecule has 0 fully saturated rings. The number of alkyl halides is 1. The van der Waals surface area contributed by atoms with Crippen molar-refractivity contribution in [3.8, 4) is 0 Å². The van der Waals surface area contributed by atoms with Gasteiger partial charge in [-0.05, 0) is 19.9 Å². The van der Waals surface area contributed by atoms with Crippen LogP contribution in [0.1, 0.15) is 31.5 Å². The quantitative estimate of drug-likeness (QED) is 0.863. The van der Waals surface area contributed by atoms with E-state index in [4.69, 9.17) is 23.2 Å². The highest BCUT2D eigenvalue weighted by Crippen LogP contribution is 2.25. The highest BCUT2D eigenvalue weighted by atomic mass is 35.5. The molecule has 1 N–H and O–H groups in total. The van der Waals surface area contributed by atoms with E-state index in [-0.39, 0.29) is 11.3 Å². The molecule has 0 aromatic carbocycles. The Hall–Kier alpha value is -1.33. The summed E-state index contributed by atoms with van der Waals surface area (Å²) in [6, 6.07) is 1.75. The van der Waals surface area contributed by atoms with Crippen LogP contribution in [0.3, 0.4) is 0 Å². The average Bonchev–Trinajstić information content (AvgIpc) is 2.74. The molecule has 0 aliphatic heterocycles. The van der Waals surface area contributed by atoms with Crippen molar-refractivity contribution in [3.05, 3.63) is 23.1 Å². The van der Waals surface area contributed by atoms with E-state index in [2.05, 4.69) is 15.3 Å². The molecule has 1 amide bonds. The summed E-state index contributed by atoms with van der Waals surface area (Å²) in [5.41, 5.74) is 1.39. The van der Waals surface area contributed by atoms with Crippen molar-refractivity contribution >= 4 is 40.3 Å². The number of hydrogen-bond acceptors (Lipinski definition) is 3. The summed E-state index contributed by atoms with van der Waals surface area (Å²) < 4.78 is 1.87. The van der Waals surface area contributed by atoms with Gasteiger partial charge in [-0.25, -0.2) is 9.97 Å². The maximum absolute atomic E-state index is 11.6. The number of fused-ring (bicyclic) bond motifs is 1. The number of halogens is 2. The number of hydrogen-bond donors (Lipinski definition) is 1. The van der Waals surface area contributed by atoms with Gasteiger partial charge in [0.1, 0.15) is 11.3 Å². The van der Waals surface area contributed by atoms with E-state index in [9.17, 15) is 4.79 Å². The van der Waals surface area contributed by atoms with Crippen molar-refractivity contribution < 1.29 is 4.79 Å². The fourth-order valence-electron chi connectivity index (χ4n) is 2.03. The first-order valence-corrected chi connectivity index (χ1v) is 7.26. The van der Waals surface area contributed by atoms with Gasteiger partial charge in [-0.1, -0.05) is 11.6 Å². The fourth-order valence-corrected chi connectivity index (χ4v) is 2.35. The Morgan fingerprint density at radius 3 is 2.95 bits per heavy atom. The Labute approximate surface area is 127 Å². The number of amides is 1. The lowest BCUT2D eigenvalue weighted by Gasteiger charge is -2.09. The van der Waals surface area contributed by atoms with Gasteiger partial charge in [0.25, 0.3) is 0 Å². The van der Waals surface area contributed by atoms with Crippen molar-refractivity contribution in [2.75, 3.05) is 6.54 Å². The molecule has 0 saturated heterocycles. The molecule has 108 valence electrons. The predicted molar refractivity (Wildman–Crippen MR) is 80.1 cm³/mol. The molecule has 2 rings (SSSR count). The maximum atomic E-state index is 11.6. The third-order valence-corrected chi connectivity index (χ3v) is 3.28. The zero-order chi connectivity index (χ0) is 14.7. The van der Waals surface area contributed by atoms with Crippen LogP contribution >= 0.6 is 23.2 Å². The second kappa shape index (κ2) is 6.41. The van der Waals surface area contributed by atoms with Crippen molar-refractivity contribution in [2.24, 2.45) is 0 Å². The van der Waals surface area contributed by atoms with Gasteiger partial charge < -0.3 is 9.88 Å². The first-order valence-electron chi connectivity index (χ1n) is 6.45. The third-order valence-electron chi connectivity index (χ3n) is 2.87. The van der Waals surface area contributed by atoms with Crippen LogP contribution in [0.5, 0.6) is 0 Å². The maximum Gasteiger partial charge on any atom is 0.221 e. The molecule has 1 unspecified atom stereocenters. The second-order valence-corrected chi connectivity index (χ2v) is 5.53. The van der Waals surface area contributed by atoms with Gasteiger partial charge in [0.2, 0.25) is 5.91 Å². The lowest BCUT2D eigenvalue weighted by molar-refractivity contribution is -0.121. The largest absolute Gasteiger partial charge is 0.356 e. The van der Waals surface area contributed by atoms with Crippen LogP contribution in [-0.4, -0.2) is 27.0 Å². The highest BCUT2D eigenvalue weighted by molar-refractivity contribution is 6.31. The number of aromatic nitrogens is 3. The summed E-state index contributed by atoms with van der Waals surface area (Å²) >= 11 is 12.1. The van der Waals surface area contributed by atoms with Gasteiger partial charge in [-0.15, -0.1) is 11.6 Å². The molecular weight excluding hydrogens is 299 g/mol. The molecule has 5 nitrogen and oxygen atoms in total. The molecule has 0 saturated carbocycles. The van der Waals surface area contributed by atoms with Crippen molar-refractivity contribution in [1.82, 2.24) is 19.9 Å². The summed E-state index contributed by atoms with van der Waals surface area (Å²) in [6.45, 7) is 4.84. The standard InChI is InChI=1S/C13H16Cl2N4O/c1-3-16-11(20)4-5-19-12(8(2)14)18-10-6-9(15)7-17-13(10)19/h6-8H,3-5H2,1-2H3,(H,16,20). The second-order valence-electron chi connectivity index (χ2n) is 4.44.